The van der Waals surface area contributed by atoms with Gasteiger partial charge < -0.3 is 9.84 Å². The maximum Gasteiger partial charge on any atom is 0.153 e. The second-order valence-electron chi connectivity index (χ2n) is 4.68. The van der Waals surface area contributed by atoms with Gasteiger partial charge in [0.25, 0.3) is 0 Å². The smallest absolute Gasteiger partial charge is 0.153 e. The summed E-state index contributed by atoms with van der Waals surface area (Å²) in [5.74, 6) is 1.48. The molecule has 1 aromatic heterocycles. The molecule has 0 radical (unpaired) electrons. The summed E-state index contributed by atoms with van der Waals surface area (Å²) in [5.41, 5.74) is 2.77. The maximum atomic E-state index is 9.19. The van der Waals surface area contributed by atoms with Gasteiger partial charge in [-0.15, -0.1) is 0 Å². The van der Waals surface area contributed by atoms with Crippen LogP contribution in [0.1, 0.15) is 11.1 Å². The van der Waals surface area contributed by atoms with E-state index >= 15 is 0 Å². The van der Waals surface area contributed by atoms with E-state index in [4.69, 9.17) is 4.74 Å². The second-order valence-corrected chi connectivity index (χ2v) is 4.68. The Labute approximate surface area is 117 Å². The summed E-state index contributed by atoms with van der Waals surface area (Å²) in [6.45, 7) is 2.00. The van der Waals surface area contributed by atoms with Crippen LogP contribution >= 0.6 is 0 Å². The number of hydrogen-bond acceptors (Lipinski definition) is 3. The number of para-hydroxylation sites is 1. The Hall–Kier alpha value is -2.39. The Morgan fingerprint density at radius 1 is 1.10 bits per heavy atom. The lowest BCUT2D eigenvalue weighted by atomic mass is 10.1. The summed E-state index contributed by atoms with van der Waals surface area (Å²) in [6.07, 6.45) is 1.76. The van der Waals surface area contributed by atoms with Crippen molar-refractivity contribution in [2.24, 2.45) is 0 Å². The zero-order valence-electron chi connectivity index (χ0n) is 11.2. The first-order valence-electron chi connectivity index (χ1n) is 6.50. The molecular weight excluding hydrogens is 250 g/mol. The van der Waals surface area contributed by atoms with E-state index < -0.39 is 0 Å². The number of rotatable bonds is 3. The quantitative estimate of drug-likeness (QED) is 0.782. The van der Waals surface area contributed by atoms with Gasteiger partial charge in [-0.1, -0.05) is 24.3 Å². The van der Waals surface area contributed by atoms with Gasteiger partial charge in [-0.25, -0.2) is 0 Å². The molecule has 1 N–H and O–H groups in total. The molecule has 2 aromatic carbocycles. The molecular formula is C17H15NO2. The number of hydrogen-bond donors (Lipinski definition) is 1. The van der Waals surface area contributed by atoms with E-state index in [9.17, 15) is 5.11 Å². The first-order chi connectivity index (χ1) is 9.78. The second kappa shape index (κ2) is 5.31. The molecule has 3 heteroatoms. The van der Waals surface area contributed by atoms with Gasteiger partial charge in [0.15, 0.2) is 5.75 Å². The van der Waals surface area contributed by atoms with Crippen LogP contribution in [-0.2, 0) is 6.61 Å². The largest absolute Gasteiger partial charge is 0.455 e. The summed E-state index contributed by atoms with van der Waals surface area (Å²) in [6, 6.07) is 15.5. The molecule has 0 aliphatic carbocycles. The number of aliphatic hydroxyl groups excluding tert-OH is 1. The van der Waals surface area contributed by atoms with E-state index in [0.29, 0.717) is 0 Å². The van der Waals surface area contributed by atoms with Crippen LogP contribution < -0.4 is 4.74 Å². The van der Waals surface area contributed by atoms with Crippen LogP contribution in [0.3, 0.4) is 0 Å². The normalized spacial score (nSPS) is 10.7. The van der Waals surface area contributed by atoms with Crippen LogP contribution in [-0.4, -0.2) is 10.1 Å². The van der Waals surface area contributed by atoms with Gasteiger partial charge in [0.2, 0.25) is 0 Å². The minimum absolute atomic E-state index is 0.0436. The third kappa shape index (κ3) is 2.36. The van der Waals surface area contributed by atoms with Crippen LogP contribution in [0.15, 0.2) is 54.7 Å². The van der Waals surface area contributed by atoms with Crippen LogP contribution in [0, 0.1) is 6.92 Å². The van der Waals surface area contributed by atoms with Crippen molar-refractivity contribution < 1.29 is 9.84 Å². The minimum atomic E-state index is 0.0436. The highest BCUT2D eigenvalue weighted by Crippen LogP contribution is 2.29. The van der Waals surface area contributed by atoms with Crippen molar-refractivity contribution in [3.8, 4) is 11.5 Å². The Balaban J connectivity index is 1.99. The Morgan fingerprint density at radius 2 is 1.95 bits per heavy atom. The van der Waals surface area contributed by atoms with E-state index in [1.165, 1.54) is 0 Å². The maximum absolute atomic E-state index is 9.19. The monoisotopic (exact) mass is 265 g/mol. The van der Waals surface area contributed by atoms with Gasteiger partial charge in [0.1, 0.15) is 11.3 Å². The standard InChI is InChI=1S/C17H15NO2/c1-12-10-15(8-7-14(12)11-19)20-16-6-2-4-13-5-3-9-18-17(13)16/h2-10,19H,11H2,1H3. The number of benzene rings is 2. The zero-order chi connectivity index (χ0) is 13.9. The molecule has 0 saturated heterocycles. The summed E-state index contributed by atoms with van der Waals surface area (Å²) in [7, 11) is 0. The topological polar surface area (TPSA) is 42.4 Å². The highest BCUT2D eigenvalue weighted by Gasteiger charge is 2.05. The van der Waals surface area contributed by atoms with Gasteiger partial charge in [0.05, 0.1) is 6.61 Å². The lowest BCUT2D eigenvalue weighted by Gasteiger charge is -2.10. The van der Waals surface area contributed by atoms with Gasteiger partial charge in [0, 0.05) is 11.6 Å². The molecule has 0 saturated carbocycles. The van der Waals surface area contributed by atoms with Gasteiger partial charge in [-0.3, -0.25) is 4.98 Å². The van der Waals surface area contributed by atoms with E-state index in [-0.39, 0.29) is 6.61 Å². The number of ether oxygens (including phenoxy) is 1. The van der Waals surface area contributed by atoms with Gasteiger partial charge in [-0.2, -0.15) is 0 Å². The number of aryl methyl sites for hydroxylation is 1. The highest BCUT2D eigenvalue weighted by atomic mass is 16.5. The molecule has 0 fully saturated rings. The van der Waals surface area contributed by atoms with Crippen molar-refractivity contribution >= 4 is 10.9 Å². The fourth-order valence-electron chi connectivity index (χ4n) is 2.19. The summed E-state index contributed by atoms with van der Waals surface area (Å²) in [4.78, 5) is 4.37. The fraction of sp³-hybridized carbons (Fsp3) is 0.118. The third-order valence-corrected chi connectivity index (χ3v) is 3.31. The van der Waals surface area contributed by atoms with Gasteiger partial charge >= 0.3 is 0 Å². The molecule has 20 heavy (non-hydrogen) atoms. The van der Waals surface area contributed by atoms with Crippen molar-refractivity contribution in [1.29, 1.82) is 0 Å². The summed E-state index contributed by atoms with van der Waals surface area (Å²) < 4.78 is 5.93. The molecule has 0 aliphatic rings. The predicted octanol–water partition coefficient (Wildman–Crippen LogP) is 3.83. The third-order valence-electron chi connectivity index (χ3n) is 3.31. The van der Waals surface area contributed by atoms with Crippen LogP contribution in [0.2, 0.25) is 0 Å². The number of aromatic nitrogens is 1. The van der Waals surface area contributed by atoms with Crippen molar-refractivity contribution in [3.63, 3.8) is 0 Å². The molecule has 1 heterocycles. The Kier molecular flexibility index (Phi) is 3.35. The predicted molar refractivity (Wildman–Crippen MR) is 78.9 cm³/mol. The Morgan fingerprint density at radius 3 is 2.75 bits per heavy atom. The van der Waals surface area contributed by atoms with Crippen molar-refractivity contribution in [2.75, 3.05) is 0 Å². The molecule has 3 aromatic rings. The first kappa shape index (κ1) is 12.6. The lowest BCUT2D eigenvalue weighted by Crippen LogP contribution is -1.91. The molecule has 0 amide bonds. The summed E-state index contributed by atoms with van der Waals surface area (Å²) in [5, 5.41) is 10.2. The minimum Gasteiger partial charge on any atom is -0.455 e. The first-order valence-corrected chi connectivity index (χ1v) is 6.50. The highest BCUT2D eigenvalue weighted by molar-refractivity contribution is 5.84. The van der Waals surface area contributed by atoms with Gasteiger partial charge in [-0.05, 0) is 42.3 Å². The number of pyridine rings is 1. The lowest BCUT2D eigenvalue weighted by molar-refractivity contribution is 0.281. The summed E-state index contributed by atoms with van der Waals surface area (Å²) >= 11 is 0. The van der Waals surface area contributed by atoms with Crippen LogP contribution in [0.25, 0.3) is 10.9 Å². The molecule has 0 aliphatic heterocycles. The van der Waals surface area contributed by atoms with Crippen molar-refractivity contribution in [3.05, 3.63) is 65.9 Å². The molecule has 3 nitrogen and oxygen atoms in total. The van der Waals surface area contributed by atoms with Crippen molar-refractivity contribution in [2.45, 2.75) is 13.5 Å². The van der Waals surface area contributed by atoms with Crippen molar-refractivity contribution in [1.82, 2.24) is 4.98 Å². The fourth-order valence-corrected chi connectivity index (χ4v) is 2.19. The average molecular weight is 265 g/mol. The molecule has 0 bridgehead atoms. The Bertz CT molecular complexity index is 748. The van der Waals surface area contributed by atoms with Crippen LogP contribution in [0.4, 0.5) is 0 Å². The number of aliphatic hydroxyl groups is 1. The van der Waals surface area contributed by atoms with E-state index in [2.05, 4.69) is 4.98 Å². The average Bonchev–Trinajstić information content (AvgIpc) is 2.48. The molecule has 0 spiro atoms. The molecule has 100 valence electrons. The number of nitrogens with zero attached hydrogens (tertiary/aromatic N) is 1. The van der Waals surface area contributed by atoms with Crippen LogP contribution in [0.5, 0.6) is 11.5 Å². The number of fused-ring (bicyclic) bond motifs is 1. The zero-order valence-corrected chi connectivity index (χ0v) is 11.2. The molecule has 0 unspecified atom stereocenters. The molecule has 3 rings (SSSR count). The van der Waals surface area contributed by atoms with E-state index in [1.807, 2.05) is 55.5 Å². The van der Waals surface area contributed by atoms with E-state index in [0.717, 1.165) is 33.5 Å². The van der Waals surface area contributed by atoms with E-state index in [1.54, 1.807) is 6.20 Å². The SMILES string of the molecule is Cc1cc(Oc2cccc3cccnc23)ccc1CO. The molecule has 0 atom stereocenters.